The second-order valence-corrected chi connectivity index (χ2v) is 7.83. The molecule has 0 saturated carbocycles. The molecule has 1 saturated heterocycles. The van der Waals surface area contributed by atoms with Crippen molar-refractivity contribution >= 4 is 17.4 Å². The first-order valence-electron chi connectivity index (χ1n) is 10.4. The van der Waals surface area contributed by atoms with Gasteiger partial charge in [-0.1, -0.05) is 18.2 Å². The monoisotopic (exact) mass is 418 g/mol. The highest BCUT2D eigenvalue weighted by Gasteiger charge is 2.28. The van der Waals surface area contributed by atoms with Crippen LogP contribution in [-0.2, 0) is 11.3 Å². The fourth-order valence-corrected chi connectivity index (χ4v) is 4.03. The third-order valence-corrected chi connectivity index (χ3v) is 5.70. The molecule has 0 spiro atoms. The second-order valence-electron chi connectivity index (χ2n) is 7.83. The third-order valence-electron chi connectivity index (χ3n) is 5.70. The summed E-state index contributed by atoms with van der Waals surface area (Å²) in [5.74, 6) is 1.55. The molecule has 1 amide bonds. The first-order chi connectivity index (χ1) is 15.2. The second kappa shape index (κ2) is 8.31. The highest BCUT2D eigenvalue weighted by molar-refractivity contribution is 6.01. The number of anilines is 1. The van der Waals surface area contributed by atoms with Gasteiger partial charge in [0.25, 0.3) is 5.91 Å². The molecule has 3 aromatic rings. The molecule has 5 rings (SSSR count). The lowest BCUT2D eigenvalue weighted by molar-refractivity contribution is -0.118. The standard InChI is InChI=1S/C23H22N4O4/c28-20-14-30-19-7-6-17(12-18(19)24-20)22(29)15-8-10-27(11-9-15)13-21-25-26-23(31-21)16-4-2-1-3-5-16/h1-7,12,15H,8-11,13-14H2,(H,24,28). The van der Waals surface area contributed by atoms with Gasteiger partial charge < -0.3 is 14.5 Å². The van der Waals surface area contributed by atoms with Crippen LogP contribution in [0.1, 0.15) is 29.1 Å². The molecule has 0 bridgehead atoms. The Hall–Kier alpha value is -3.52. The lowest BCUT2D eigenvalue weighted by atomic mass is 9.88. The van der Waals surface area contributed by atoms with E-state index in [-0.39, 0.29) is 24.2 Å². The number of aromatic nitrogens is 2. The van der Waals surface area contributed by atoms with Crippen molar-refractivity contribution in [2.24, 2.45) is 5.92 Å². The van der Waals surface area contributed by atoms with E-state index >= 15 is 0 Å². The lowest BCUT2D eigenvalue weighted by Gasteiger charge is -2.30. The van der Waals surface area contributed by atoms with Crippen LogP contribution in [0.4, 0.5) is 5.69 Å². The summed E-state index contributed by atoms with van der Waals surface area (Å²) in [6.45, 7) is 2.14. The molecule has 2 aliphatic heterocycles. The molecular formula is C23H22N4O4. The number of carbonyl (C=O) groups is 2. The summed E-state index contributed by atoms with van der Waals surface area (Å²) in [5.41, 5.74) is 2.06. The van der Waals surface area contributed by atoms with E-state index in [4.69, 9.17) is 9.15 Å². The number of benzene rings is 2. The number of nitrogens with one attached hydrogen (secondary N) is 1. The summed E-state index contributed by atoms with van der Waals surface area (Å²) >= 11 is 0. The van der Waals surface area contributed by atoms with Crippen LogP contribution in [0.3, 0.4) is 0 Å². The van der Waals surface area contributed by atoms with E-state index in [2.05, 4.69) is 20.4 Å². The molecule has 31 heavy (non-hydrogen) atoms. The number of ether oxygens (including phenoxy) is 1. The molecule has 0 radical (unpaired) electrons. The van der Waals surface area contributed by atoms with Gasteiger partial charge in [-0.2, -0.15) is 0 Å². The van der Waals surface area contributed by atoms with Crippen molar-refractivity contribution in [1.82, 2.24) is 15.1 Å². The van der Waals surface area contributed by atoms with Crippen molar-refractivity contribution in [3.63, 3.8) is 0 Å². The largest absolute Gasteiger partial charge is 0.482 e. The number of likely N-dealkylation sites (tertiary alicyclic amines) is 1. The van der Waals surface area contributed by atoms with Gasteiger partial charge in [0.15, 0.2) is 12.4 Å². The van der Waals surface area contributed by atoms with Crippen LogP contribution in [0.25, 0.3) is 11.5 Å². The number of amides is 1. The number of rotatable bonds is 5. The van der Waals surface area contributed by atoms with E-state index in [0.29, 0.717) is 35.3 Å². The minimum atomic E-state index is -0.207. The molecule has 0 atom stereocenters. The van der Waals surface area contributed by atoms with Crippen molar-refractivity contribution in [2.45, 2.75) is 19.4 Å². The zero-order chi connectivity index (χ0) is 21.2. The van der Waals surface area contributed by atoms with Gasteiger partial charge in [0, 0.05) is 17.0 Å². The molecule has 1 N–H and O–H groups in total. The zero-order valence-electron chi connectivity index (χ0n) is 16.9. The summed E-state index contributed by atoms with van der Waals surface area (Å²) in [6.07, 6.45) is 1.52. The highest BCUT2D eigenvalue weighted by atomic mass is 16.5. The van der Waals surface area contributed by atoms with Crippen LogP contribution < -0.4 is 10.1 Å². The Kier molecular flexibility index (Phi) is 5.21. The van der Waals surface area contributed by atoms with Crippen molar-refractivity contribution < 1.29 is 18.7 Å². The number of nitrogens with zero attached hydrogens (tertiary/aromatic N) is 3. The van der Waals surface area contributed by atoms with Gasteiger partial charge in [-0.05, 0) is 56.3 Å². The predicted octanol–water partition coefficient (Wildman–Crippen LogP) is 3.16. The first-order valence-corrected chi connectivity index (χ1v) is 10.4. The third kappa shape index (κ3) is 4.20. The quantitative estimate of drug-likeness (QED) is 0.636. The van der Waals surface area contributed by atoms with E-state index in [9.17, 15) is 9.59 Å². The number of ketones is 1. The normalized spacial score (nSPS) is 17.0. The summed E-state index contributed by atoms with van der Waals surface area (Å²) < 4.78 is 11.2. The topological polar surface area (TPSA) is 97.6 Å². The number of hydrogen-bond donors (Lipinski definition) is 1. The van der Waals surface area contributed by atoms with Gasteiger partial charge >= 0.3 is 0 Å². The van der Waals surface area contributed by atoms with E-state index in [1.807, 2.05) is 30.3 Å². The summed E-state index contributed by atoms with van der Waals surface area (Å²) in [4.78, 5) is 26.7. The van der Waals surface area contributed by atoms with Gasteiger partial charge in [-0.25, -0.2) is 0 Å². The Bertz CT molecular complexity index is 1100. The van der Waals surface area contributed by atoms with Crippen LogP contribution in [0.15, 0.2) is 52.9 Å². The van der Waals surface area contributed by atoms with Crippen molar-refractivity contribution in [2.75, 3.05) is 25.0 Å². The Labute approximate surface area is 179 Å². The predicted molar refractivity (Wildman–Crippen MR) is 113 cm³/mol. The Balaban J connectivity index is 1.18. The number of carbonyl (C=O) groups excluding carboxylic acids is 2. The molecule has 1 fully saturated rings. The maximum Gasteiger partial charge on any atom is 0.262 e. The molecule has 2 aromatic carbocycles. The number of fused-ring (bicyclic) bond motifs is 1. The number of piperidine rings is 1. The molecule has 0 unspecified atom stereocenters. The lowest BCUT2D eigenvalue weighted by Crippen LogP contribution is -2.36. The summed E-state index contributed by atoms with van der Waals surface area (Å²) in [5, 5.41) is 11.1. The summed E-state index contributed by atoms with van der Waals surface area (Å²) in [7, 11) is 0. The zero-order valence-corrected chi connectivity index (χ0v) is 16.9. The van der Waals surface area contributed by atoms with Crippen molar-refractivity contribution in [1.29, 1.82) is 0 Å². The molecule has 3 heterocycles. The van der Waals surface area contributed by atoms with Gasteiger partial charge in [-0.15, -0.1) is 10.2 Å². The Morgan fingerprint density at radius 3 is 2.71 bits per heavy atom. The van der Waals surface area contributed by atoms with E-state index in [1.54, 1.807) is 18.2 Å². The SMILES string of the molecule is O=C1COc2ccc(C(=O)C3CCN(Cc4nnc(-c5ccccc5)o4)CC3)cc2N1. The average molecular weight is 418 g/mol. The fourth-order valence-electron chi connectivity index (χ4n) is 4.03. The fraction of sp³-hybridized carbons (Fsp3) is 0.304. The van der Waals surface area contributed by atoms with Gasteiger partial charge in [-0.3, -0.25) is 14.5 Å². The first kappa shape index (κ1) is 19.4. The molecule has 1 aromatic heterocycles. The van der Waals surface area contributed by atoms with Gasteiger partial charge in [0.05, 0.1) is 12.2 Å². The van der Waals surface area contributed by atoms with Crippen LogP contribution in [0, 0.1) is 5.92 Å². The molecule has 8 nitrogen and oxygen atoms in total. The minimum Gasteiger partial charge on any atom is -0.482 e. The molecule has 2 aliphatic rings. The highest BCUT2D eigenvalue weighted by Crippen LogP contribution is 2.31. The van der Waals surface area contributed by atoms with Crippen LogP contribution in [0.2, 0.25) is 0 Å². The van der Waals surface area contributed by atoms with Gasteiger partial charge in [0.1, 0.15) is 5.75 Å². The number of Topliss-reactive ketones (excluding diaryl/α,β-unsaturated/α-hetero) is 1. The van der Waals surface area contributed by atoms with Crippen LogP contribution in [0.5, 0.6) is 5.75 Å². The van der Waals surface area contributed by atoms with Crippen molar-refractivity contribution in [3.05, 3.63) is 60.0 Å². The maximum atomic E-state index is 13.0. The summed E-state index contributed by atoms with van der Waals surface area (Å²) in [6, 6.07) is 14.9. The molecule has 158 valence electrons. The van der Waals surface area contributed by atoms with Crippen LogP contribution >= 0.6 is 0 Å². The average Bonchev–Trinajstić information content (AvgIpc) is 3.28. The molecular weight excluding hydrogens is 396 g/mol. The number of hydrogen-bond acceptors (Lipinski definition) is 7. The maximum absolute atomic E-state index is 13.0. The smallest absolute Gasteiger partial charge is 0.262 e. The van der Waals surface area contributed by atoms with E-state index in [1.165, 1.54) is 0 Å². The van der Waals surface area contributed by atoms with Gasteiger partial charge in [0.2, 0.25) is 11.8 Å². The molecule has 0 aliphatic carbocycles. The Morgan fingerprint density at radius 1 is 1.10 bits per heavy atom. The van der Waals surface area contributed by atoms with Crippen molar-refractivity contribution in [3.8, 4) is 17.2 Å². The molecule has 8 heteroatoms. The van der Waals surface area contributed by atoms with Crippen LogP contribution in [-0.4, -0.2) is 46.5 Å². The minimum absolute atomic E-state index is 0.00560. The van der Waals surface area contributed by atoms with E-state index in [0.717, 1.165) is 31.5 Å². The Morgan fingerprint density at radius 2 is 1.90 bits per heavy atom. The van der Waals surface area contributed by atoms with E-state index < -0.39 is 0 Å².